The number of anilines is 1. The van der Waals surface area contributed by atoms with Gasteiger partial charge in [-0.05, 0) is 62.8 Å². The normalized spacial score (nSPS) is 18.9. The van der Waals surface area contributed by atoms with Gasteiger partial charge >= 0.3 is 0 Å². The molecule has 8 nitrogen and oxygen atoms in total. The van der Waals surface area contributed by atoms with Crippen molar-refractivity contribution in [2.75, 3.05) is 37.9 Å². The van der Waals surface area contributed by atoms with Crippen molar-refractivity contribution in [2.45, 2.75) is 64.6 Å². The van der Waals surface area contributed by atoms with Gasteiger partial charge in [-0.15, -0.1) is 0 Å². The molecule has 0 atom stereocenters. The molecule has 0 N–H and O–H groups in total. The Morgan fingerprint density at radius 3 is 2.44 bits per heavy atom. The maximum atomic E-state index is 13.4. The maximum absolute atomic E-state index is 13.4. The lowest BCUT2D eigenvalue weighted by Crippen LogP contribution is -2.58. The third-order valence-corrected chi connectivity index (χ3v) is 9.44. The van der Waals surface area contributed by atoms with Gasteiger partial charge in [0.2, 0.25) is 12.5 Å². The van der Waals surface area contributed by atoms with E-state index in [1.807, 2.05) is 17.9 Å². The molecule has 3 aromatic rings. The van der Waals surface area contributed by atoms with Gasteiger partial charge in [-0.25, -0.2) is 0 Å². The number of benzene rings is 2. The van der Waals surface area contributed by atoms with Crippen LogP contribution in [0.5, 0.6) is 11.5 Å². The van der Waals surface area contributed by atoms with E-state index >= 15 is 0 Å². The first kappa shape index (κ1) is 27.4. The molecule has 6 rings (SSSR count). The summed E-state index contributed by atoms with van der Waals surface area (Å²) in [6, 6.07) is 19.1. The number of rotatable bonds is 6. The van der Waals surface area contributed by atoms with Crippen LogP contribution in [0.15, 0.2) is 60.8 Å². The molecular formula is C33H40N4O4. The van der Waals surface area contributed by atoms with E-state index in [0.29, 0.717) is 30.4 Å². The molecule has 0 aliphatic carbocycles. The van der Waals surface area contributed by atoms with Crippen LogP contribution in [0.1, 0.15) is 59.8 Å². The summed E-state index contributed by atoms with van der Waals surface area (Å²) in [7, 11) is 0. The van der Waals surface area contributed by atoms with E-state index in [1.165, 1.54) is 17.4 Å². The van der Waals surface area contributed by atoms with Gasteiger partial charge in [0.1, 0.15) is 5.56 Å². The third kappa shape index (κ3) is 5.45. The fourth-order valence-electron chi connectivity index (χ4n) is 6.75. The smallest absolute Gasteiger partial charge is 0.260 e. The van der Waals surface area contributed by atoms with E-state index in [-0.39, 0.29) is 18.2 Å². The van der Waals surface area contributed by atoms with E-state index in [1.54, 1.807) is 13.0 Å². The van der Waals surface area contributed by atoms with Gasteiger partial charge in [0.25, 0.3) is 5.91 Å². The SMILES string of the molecule is Cc1cc[n+]([O-])c(C)c1C(=O)N1CCC(C)(N2CCC(N(Cc3ccccc3)c3ccc4c(c3)OCO4)CC2)CC1. The first-order valence-electron chi connectivity index (χ1n) is 14.8. The molecule has 8 heteroatoms. The number of pyridine rings is 1. The monoisotopic (exact) mass is 556 g/mol. The van der Waals surface area contributed by atoms with Gasteiger partial charge in [0.15, 0.2) is 17.7 Å². The second-order valence-electron chi connectivity index (χ2n) is 11.9. The predicted octanol–water partition coefficient (Wildman–Crippen LogP) is 4.83. The Hall–Kier alpha value is -3.78. The lowest BCUT2D eigenvalue weighted by molar-refractivity contribution is -0.612. The first-order valence-corrected chi connectivity index (χ1v) is 14.8. The number of fused-ring (bicyclic) bond motifs is 1. The quantitative estimate of drug-likeness (QED) is 0.320. The highest BCUT2D eigenvalue weighted by Crippen LogP contribution is 2.38. The molecule has 2 aromatic carbocycles. The van der Waals surface area contributed by atoms with Crippen LogP contribution in [0.4, 0.5) is 5.69 Å². The minimum Gasteiger partial charge on any atom is -0.618 e. The summed E-state index contributed by atoms with van der Waals surface area (Å²) >= 11 is 0. The lowest BCUT2D eigenvalue weighted by Gasteiger charge is -2.50. The Morgan fingerprint density at radius 1 is 1.00 bits per heavy atom. The van der Waals surface area contributed by atoms with Gasteiger partial charge in [0, 0.05) is 69.0 Å². The summed E-state index contributed by atoms with van der Waals surface area (Å²) in [6.07, 6.45) is 5.49. The molecule has 0 spiro atoms. The standard InChI is InChI=1S/C33H40N4O4/c1-24-11-18-37(39)25(2)31(24)32(38)34-19-14-33(3,15-20-34)35-16-12-27(13-17-35)36(22-26-7-5-4-6-8-26)28-9-10-29-30(21-28)41-23-40-29/h4-11,18,21,27H,12-17,19-20,22-23H2,1-3H3. The zero-order valence-corrected chi connectivity index (χ0v) is 24.3. The average molecular weight is 557 g/mol. The van der Waals surface area contributed by atoms with Crippen LogP contribution in [-0.4, -0.2) is 60.3 Å². The molecule has 0 radical (unpaired) electrons. The van der Waals surface area contributed by atoms with E-state index in [4.69, 9.17) is 9.47 Å². The van der Waals surface area contributed by atoms with Crippen LogP contribution in [0, 0.1) is 19.1 Å². The molecule has 2 saturated heterocycles. The highest BCUT2D eigenvalue weighted by atomic mass is 16.7. The van der Waals surface area contributed by atoms with Gasteiger partial charge < -0.3 is 24.5 Å². The highest BCUT2D eigenvalue weighted by Gasteiger charge is 2.40. The van der Waals surface area contributed by atoms with Crippen molar-refractivity contribution in [3.8, 4) is 11.5 Å². The summed E-state index contributed by atoms with van der Waals surface area (Å²) in [4.78, 5) is 20.5. The molecule has 1 aromatic heterocycles. The van der Waals surface area contributed by atoms with Crippen LogP contribution in [0.25, 0.3) is 0 Å². The van der Waals surface area contributed by atoms with E-state index in [2.05, 4.69) is 59.2 Å². The number of hydrogen-bond acceptors (Lipinski definition) is 6. The molecule has 0 unspecified atom stereocenters. The maximum Gasteiger partial charge on any atom is 0.260 e. The van der Waals surface area contributed by atoms with Crippen LogP contribution < -0.4 is 19.1 Å². The fourth-order valence-corrected chi connectivity index (χ4v) is 6.75. The van der Waals surface area contributed by atoms with Crippen molar-refractivity contribution in [1.82, 2.24) is 9.80 Å². The molecule has 3 aliphatic heterocycles. The topological polar surface area (TPSA) is 72.2 Å². The molecule has 2 fully saturated rings. The van der Waals surface area contributed by atoms with Crippen LogP contribution in [0.2, 0.25) is 0 Å². The number of aryl methyl sites for hydroxylation is 1. The van der Waals surface area contributed by atoms with Crippen LogP contribution in [-0.2, 0) is 6.54 Å². The molecule has 4 heterocycles. The number of hydrogen-bond donors (Lipinski definition) is 0. The van der Waals surface area contributed by atoms with E-state index in [9.17, 15) is 10.0 Å². The summed E-state index contributed by atoms with van der Waals surface area (Å²) in [5.74, 6) is 1.61. The van der Waals surface area contributed by atoms with Gasteiger partial charge in [-0.1, -0.05) is 30.3 Å². The number of carbonyl (C=O) groups excluding carboxylic acids is 1. The molecule has 0 bridgehead atoms. The summed E-state index contributed by atoms with van der Waals surface area (Å²) < 4.78 is 12.1. The summed E-state index contributed by atoms with van der Waals surface area (Å²) in [6.45, 7) is 10.6. The number of aromatic nitrogens is 1. The Kier molecular flexibility index (Phi) is 7.51. The minimum absolute atomic E-state index is 0.0220. The molecule has 41 heavy (non-hydrogen) atoms. The van der Waals surface area contributed by atoms with Crippen molar-refractivity contribution in [1.29, 1.82) is 0 Å². The zero-order chi connectivity index (χ0) is 28.6. The number of carbonyl (C=O) groups is 1. The van der Waals surface area contributed by atoms with Crippen molar-refractivity contribution in [3.63, 3.8) is 0 Å². The number of amides is 1. The number of piperidine rings is 2. The number of nitrogens with zero attached hydrogens (tertiary/aromatic N) is 4. The highest BCUT2D eigenvalue weighted by molar-refractivity contribution is 5.96. The largest absolute Gasteiger partial charge is 0.618 e. The van der Waals surface area contributed by atoms with E-state index in [0.717, 1.165) is 67.1 Å². The first-order chi connectivity index (χ1) is 19.8. The number of ether oxygens (including phenoxy) is 2. The van der Waals surface area contributed by atoms with Crippen molar-refractivity contribution >= 4 is 11.6 Å². The zero-order valence-electron chi connectivity index (χ0n) is 24.3. The summed E-state index contributed by atoms with van der Waals surface area (Å²) in [5, 5.41) is 12.1. The summed E-state index contributed by atoms with van der Waals surface area (Å²) in [5.41, 5.74) is 4.41. The Morgan fingerprint density at radius 2 is 1.71 bits per heavy atom. The van der Waals surface area contributed by atoms with Crippen LogP contribution in [0.3, 0.4) is 0 Å². The van der Waals surface area contributed by atoms with Crippen molar-refractivity contribution in [2.24, 2.45) is 0 Å². The Bertz CT molecular complexity index is 1400. The second-order valence-corrected chi connectivity index (χ2v) is 11.9. The Balaban J connectivity index is 1.12. The predicted molar refractivity (Wildman–Crippen MR) is 158 cm³/mol. The van der Waals surface area contributed by atoms with Gasteiger partial charge in [-0.2, -0.15) is 4.73 Å². The fraction of sp³-hybridized carbons (Fsp3) is 0.455. The third-order valence-electron chi connectivity index (χ3n) is 9.44. The van der Waals surface area contributed by atoms with E-state index < -0.39 is 0 Å². The minimum atomic E-state index is -0.0220. The number of likely N-dealkylation sites (tertiary alicyclic amines) is 2. The van der Waals surface area contributed by atoms with Gasteiger partial charge in [-0.3, -0.25) is 9.69 Å². The molecule has 1 amide bonds. The van der Waals surface area contributed by atoms with Gasteiger partial charge in [0.05, 0.1) is 0 Å². The lowest BCUT2D eigenvalue weighted by atomic mass is 9.85. The molecule has 3 aliphatic rings. The van der Waals surface area contributed by atoms with Crippen LogP contribution >= 0.6 is 0 Å². The molecule has 0 saturated carbocycles. The Labute approximate surface area is 242 Å². The van der Waals surface area contributed by atoms with Crippen molar-refractivity contribution in [3.05, 3.63) is 88.4 Å². The average Bonchev–Trinajstić information content (AvgIpc) is 3.47. The second kappa shape index (κ2) is 11.2. The van der Waals surface area contributed by atoms with Crippen molar-refractivity contribution < 1.29 is 19.0 Å². The molecular weight excluding hydrogens is 516 g/mol. The molecule has 216 valence electrons.